The number of aromatic nitrogens is 1. The van der Waals surface area contributed by atoms with Gasteiger partial charge in [-0.05, 0) is 58.6 Å². The van der Waals surface area contributed by atoms with Crippen LogP contribution in [-0.4, -0.2) is 34.8 Å². The second-order valence-corrected chi connectivity index (χ2v) is 8.25. The van der Waals surface area contributed by atoms with Crippen LogP contribution in [-0.2, 0) is 16.0 Å². The fraction of sp³-hybridized carbons (Fsp3) is 0.722. The number of halogens is 1. The zero-order valence-corrected chi connectivity index (χ0v) is 16.7. The number of carbonyl (C=O) groups is 2. The van der Waals surface area contributed by atoms with Gasteiger partial charge in [0.1, 0.15) is 5.60 Å². The summed E-state index contributed by atoms with van der Waals surface area (Å²) in [6.07, 6.45) is 4.00. The smallest absolute Gasteiger partial charge is 0.407 e. The van der Waals surface area contributed by atoms with Crippen molar-refractivity contribution in [1.82, 2.24) is 15.8 Å². The van der Waals surface area contributed by atoms with Crippen LogP contribution in [0.1, 0.15) is 64.1 Å². The highest BCUT2D eigenvalue weighted by molar-refractivity contribution is 6.29. The van der Waals surface area contributed by atoms with Crippen molar-refractivity contribution < 1.29 is 18.8 Å². The number of rotatable bonds is 6. The summed E-state index contributed by atoms with van der Waals surface area (Å²) in [4.78, 5) is 24.4. The zero-order chi connectivity index (χ0) is 19.4. The van der Waals surface area contributed by atoms with Gasteiger partial charge in [-0.3, -0.25) is 4.79 Å². The molecule has 2 rings (SSSR count). The molecule has 0 radical (unpaired) electrons. The molecule has 1 aliphatic rings. The summed E-state index contributed by atoms with van der Waals surface area (Å²) in [5.41, 5.74) is 0.493. The van der Waals surface area contributed by atoms with Gasteiger partial charge in [0.25, 0.3) is 0 Å². The van der Waals surface area contributed by atoms with Crippen molar-refractivity contribution in [2.45, 2.75) is 77.4 Å². The van der Waals surface area contributed by atoms with Crippen LogP contribution >= 0.6 is 11.6 Å². The maximum atomic E-state index is 12.4. The second-order valence-electron chi connectivity index (χ2n) is 7.91. The van der Waals surface area contributed by atoms with Gasteiger partial charge in [0, 0.05) is 18.5 Å². The van der Waals surface area contributed by atoms with E-state index >= 15 is 0 Å². The number of nitrogens with one attached hydrogen (secondary N) is 2. The first-order chi connectivity index (χ1) is 12.1. The first kappa shape index (κ1) is 20.6. The Kier molecular flexibility index (Phi) is 6.55. The zero-order valence-electron chi connectivity index (χ0n) is 15.9. The molecule has 1 saturated carbocycles. The second kappa shape index (κ2) is 8.29. The van der Waals surface area contributed by atoms with E-state index < -0.39 is 17.2 Å². The Morgan fingerprint density at radius 2 is 1.96 bits per heavy atom. The molecule has 1 aromatic heterocycles. The molecule has 0 atom stereocenters. The van der Waals surface area contributed by atoms with Gasteiger partial charge in [0.05, 0.1) is 11.2 Å². The molecule has 2 amide bonds. The van der Waals surface area contributed by atoms with E-state index in [2.05, 4.69) is 15.8 Å². The first-order valence-corrected chi connectivity index (χ1v) is 9.37. The predicted octanol–water partition coefficient (Wildman–Crippen LogP) is 3.52. The summed E-state index contributed by atoms with van der Waals surface area (Å²) in [6, 6.07) is 0. The fourth-order valence-corrected chi connectivity index (χ4v) is 3.46. The molecular weight excluding hydrogens is 358 g/mol. The Labute approximate surface area is 159 Å². The fourth-order valence-electron chi connectivity index (χ4n) is 3.19. The minimum atomic E-state index is -0.550. The Balaban J connectivity index is 1.88. The Morgan fingerprint density at radius 1 is 1.31 bits per heavy atom. The molecule has 1 aromatic rings. The lowest BCUT2D eigenvalue weighted by Gasteiger charge is -2.31. The number of alkyl carbamates (subject to hydrolysis) is 1. The summed E-state index contributed by atoms with van der Waals surface area (Å²) >= 11 is 5.94. The van der Waals surface area contributed by atoms with E-state index in [0.717, 1.165) is 31.2 Å². The number of carbonyl (C=O) groups excluding carboxylic acids is 2. The molecule has 1 fully saturated rings. The van der Waals surface area contributed by atoms with Crippen molar-refractivity contribution >= 4 is 23.6 Å². The molecule has 1 heterocycles. The van der Waals surface area contributed by atoms with Crippen LogP contribution in [0.3, 0.4) is 0 Å². The van der Waals surface area contributed by atoms with Gasteiger partial charge in [0.15, 0.2) is 0 Å². The summed E-state index contributed by atoms with van der Waals surface area (Å²) in [7, 11) is 0. The van der Waals surface area contributed by atoms with E-state index in [9.17, 15) is 9.59 Å². The number of hydrogen-bond donors (Lipinski definition) is 2. The summed E-state index contributed by atoms with van der Waals surface area (Å²) in [5, 5.41) is 9.92. The number of hydrogen-bond acceptors (Lipinski definition) is 5. The van der Waals surface area contributed by atoms with E-state index in [1.807, 2.05) is 20.8 Å². The lowest BCUT2D eigenvalue weighted by Crippen LogP contribution is -2.54. The maximum Gasteiger partial charge on any atom is 0.407 e. The van der Waals surface area contributed by atoms with Crippen LogP contribution < -0.4 is 10.6 Å². The third-order valence-electron chi connectivity index (χ3n) is 4.47. The van der Waals surface area contributed by atoms with Crippen LogP contribution in [0.5, 0.6) is 0 Å². The Hall–Kier alpha value is -1.76. The SMILES string of the molecule is Cc1noc(Cl)c1CCC(=O)NC1(CNC(=O)OC(C)(C)C)CCCC1. The van der Waals surface area contributed by atoms with E-state index in [0.29, 0.717) is 18.7 Å². The van der Waals surface area contributed by atoms with Crippen molar-refractivity contribution in [2.24, 2.45) is 0 Å². The summed E-state index contributed by atoms with van der Waals surface area (Å²) < 4.78 is 10.2. The molecule has 0 saturated heterocycles. The summed E-state index contributed by atoms with van der Waals surface area (Å²) in [5.74, 6) is -0.0745. The van der Waals surface area contributed by atoms with Crippen molar-refractivity contribution in [3.63, 3.8) is 0 Å². The van der Waals surface area contributed by atoms with Crippen LogP contribution in [0.2, 0.25) is 5.22 Å². The Bertz CT molecular complexity index is 626. The number of amides is 2. The van der Waals surface area contributed by atoms with E-state index in [1.54, 1.807) is 6.92 Å². The standard InChI is InChI=1S/C18H28ClN3O4/c1-12-13(15(19)26-22-12)7-8-14(23)21-18(9-5-6-10-18)11-20-16(24)25-17(2,3)4/h5-11H2,1-4H3,(H,20,24)(H,21,23). The minimum absolute atomic E-state index is 0.0745. The van der Waals surface area contributed by atoms with E-state index in [1.165, 1.54) is 0 Å². The topological polar surface area (TPSA) is 93.5 Å². The molecule has 0 aliphatic heterocycles. The molecule has 0 unspecified atom stereocenters. The molecule has 0 spiro atoms. The van der Waals surface area contributed by atoms with Gasteiger partial charge in [-0.1, -0.05) is 18.0 Å². The molecule has 26 heavy (non-hydrogen) atoms. The highest BCUT2D eigenvalue weighted by Gasteiger charge is 2.36. The van der Waals surface area contributed by atoms with Crippen LogP contribution in [0.15, 0.2) is 4.52 Å². The predicted molar refractivity (Wildman–Crippen MR) is 98.1 cm³/mol. The molecule has 146 valence electrons. The van der Waals surface area contributed by atoms with Gasteiger partial charge >= 0.3 is 6.09 Å². The summed E-state index contributed by atoms with van der Waals surface area (Å²) in [6.45, 7) is 7.61. The van der Waals surface area contributed by atoms with Gasteiger partial charge in [0.2, 0.25) is 11.1 Å². The van der Waals surface area contributed by atoms with Crippen LogP contribution in [0.4, 0.5) is 4.79 Å². The maximum absolute atomic E-state index is 12.4. The number of aryl methyl sites for hydroxylation is 1. The molecular formula is C18H28ClN3O4. The van der Waals surface area contributed by atoms with Crippen LogP contribution in [0.25, 0.3) is 0 Å². The van der Waals surface area contributed by atoms with E-state index in [4.69, 9.17) is 20.9 Å². The minimum Gasteiger partial charge on any atom is -0.444 e. The quantitative estimate of drug-likeness (QED) is 0.781. The third kappa shape index (κ3) is 5.90. The van der Waals surface area contributed by atoms with Gasteiger partial charge < -0.3 is 19.9 Å². The lowest BCUT2D eigenvalue weighted by atomic mass is 9.97. The lowest BCUT2D eigenvalue weighted by molar-refractivity contribution is -0.123. The highest BCUT2D eigenvalue weighted by Crippen LogP contribution is 2.29. The van der Waals surface area contributed by atoms with Gasteiger partial charge in [-0.25, -0.2) is 4.79 Å². The van der Waals surface area contributed by atoms with Crippen molar-refractivity contribution in [2.75, 3.05) is 6.54 Å². The van der Waals surface area contributed by atoms with Crippen molar-refractivity contribution in [1.29, 1.82) is 0 Å². The van der Waals surface area contributed by atoms with E-state index in [-0.39, 0.29) is 17.5 Å². The highest BCUT2D eigenvalue weighted by atomic mass is 35.5. The third-order valence-corrected chi connectivity index (χ3v) is 4.77. The normalized spacial score (nSPS) is 16.3. The molecule has 7 nitrogen and oxygen atoms in total. The molecule has 1 aliphatic carbocycles. The molecule has 8 heteroatoms. The average molecular weight is 386 g/mol. The number of nitrogens with zero attached hydrogens (tertiary/aromatic N) is 1. The average Bonchev–Trinajstić information content (AvgIpc) is 3.10. The molecule has 0 aromatic carbocycles. The van der Waals surface area contributed by atoms with Gasteiger partial charge in [-0.2, -0.15) is 0 Å². The molecule has 0 bridgehead atoms. The van der Waals surface area contributed by atoms with Crippen molar-refractivity contribution in [3.8, 4) is 0 Å². The Morgan fingerprint density at radius 3 is 2.50 bits per heavy atom. The van der Waals surface area contributed by atoms with Crippen molar-refractivity contribution in [3.05, 3.63) is 16.5 Å². The number of ether oxygens (including phenoxy) is 1. The molecule has 2 N–H and O–H groups in total. The monoisotopic (exact) mass is 385 g/mol. The first-order valence-electron chi connectivity index (χ1n) is 8.99. The largest absolute Gasteiger partial charge is 0.444 e. The van der Waals surface area contributed by atoms with Gasteiger partial charge in [-0.15, -0.1) is 0 Å². The van der Waals surface area contributed by atoms with Crippen LogP contribution in [0, 0.1) is 6.92 Å².